The van der Waals surface area contributed by atoms with E-state index in [9.17, 15) is 38.7 Å². The van der Waals surface area contributed by atoms with Gasteiger partial charge in [0.05, 0.1) is 25.4 Å². The standard InChI is InChI=1S/C41H81NO12S/c1-3-5-7-8-9-10-11-12-13-14-15-16-17-18-19-20-21-22-23-24-25-26-28-30-35(45)40(48)42-33(34(44)29-27-6-4-2)32-52-41-38(47)39(54-55(49,50)51)37(46)36(31-43)53-41/h33-39,41,43-47H,3-32H2,1-2H3,(H,42,48)(H,49,50,51). The normalized spacial score (nSPS) is 22.1. The van der Waals surface area contributed by atoms with Gasteiger partial charge in [0.15, 0.2) is 6.29 Å². The largest absolute Gasteiger partial charge is 0.397 e. The van der Waals surface area contributed by atoms with Crippen molar-refractivity contribution in [3.63, 3.8) is 0 Å². The Hall–Kier alpha value is -0.940. The number of aliphatic hydroxyl groups is 5. The van der Waals surface area contributed by atoms with Crippen molar-refractivity contribution >= 4 is 16.3 Å². The fourth-order valence-corrected chi connectivity index (χ4v) is 7.74. The van der Waals surface area contributed by atoms with E-state index >= 15 is 0 Å². The van der Waals surface area contributed by atoms with Crippen LogP contribution in [0.4, 0.5) is 0 Å². The number of unbranched alkanes of at least 4 members (excludes halogenated alkanes) is 24. The first-order chi connectivity index (χ1) is 26.4. The highest BCUT2D eigenvalue weighted by atomic mass is 32.3. The van der Waals surface area contributed by atoms with E-state index in [1.165, 1.54) is 122 Å². The van der Waals surface area contributed by atoms with Gasteiger partial charge in [-0.1, -0.05) is 181 Å². The molecule has 14 heteroatoms. The molecule has 0 bridgehead atoms. The lowest BCUT2D eigenvalue weighted by molar-refractivity contribution is -0.298. The van der Waals surface area contributed by atoms with E-state index < -0.39 is 78.5 Å². The fourth-order valence-electron chi connectivity index (χ4n) is 7.23. The van der Waals surface area contributed by atoms with E-state index in [1.54, 1.807) is 0 Å². The van der Waals surface area contributed by atoms with Crippen molar-refractivity contribution in [2.24, 2.45) is 0 Å². The van der Waals surface area contributed by atoms with E-state index in [0.29, 0.717) is 19.3 Å². The number of aliphatic hydroxyl groups excluding tert-OH is 5. The molecule has 0 spiro atoms. The molecule has 1 rings (SSSR count). The number of amides is 1. The maximum Gasteiger partial charge on any atom is 0.397 e. The maximum atomic E-state index is 12.9. The summed E-state index contributed by atoms with van der Waals surface area (Å²) in [5, 5.41) is 54.5. The highest BCUT2D eigenvalue weighted by molar-refractivity contribution is 7.80. The van der Waals surface area contributed by atoms with Crippen molar-refractivity contribution in [3.8, 4) is 0 Å². The second-order valence-electron chi connectivity index (χ2n) is 15.8. The molecule has 0 aromatic rings. The van der Waals surface area contributed by atoms with Gasteiger partial charge in [-0.15, -0.1) is 0 Å². The van der Waals surface area contributed by atoms with Crippen LogP contribution < -0.4 is 5.32 Å². The summed E-state index contributed by atoms with van der Waals surface area (Å²) >= 11 is 0. The van der Waals surface area contributed by atoms with Gasteiger partial charge in [0, 0.05) is 0 Å². The summed E-state index contributed by atoms with van der Waals surface area (Å²) in [4.78, 5) is 12.9. The van der Waals surface area contributed by atoms with Crippen LogP contribution >= 0.6 is 0 Å². The lowest BCUT2D eigenvalue weighted by Gasteiger charge is -2.41. The van der Waals surface area contributed by atoms with Crippen molar-refractivity contribution in [3.05, 3.63) is 0 Å². The summed E-state index contributed by atoms with van der Waals surface area (Å²) in [5.41, 5.74) is 0. The van der Waals surface area contributed by atoms with E-state index in [1.807, 2.05) is 6.92 Å². The summed E-state index contributed by atoms with van der Waals surface area (Å²) in [5.74, 6) is -0.678. The van der Waals surface area contributed by atoms with Gasteiger partial charge in [-0.2, -0.15) is 8.42 Å². The minimum Gasteiger partial charge on any atom is -0.394 e. The van der Waals surface area contributed by atoms with Crippen molar-refractivity contribution in [2.75, 3.05) is 13.2 Å². The molecule has 1 saturated heterocycles. The van der Waals surface area contributed by atoms with E-state index in [0.717, 1.165) is 32.1 Å². The molecule has 13 nitrogen and oxygen atoms in total. The summed E-state index contributed by atoms with van der Waals surface area (Å²) in [6.07, 6.45) is 21.5. The van der Waals surface area contributed by atoms with Gasteiger partial charge in [0.2, 0.25) is 5.91 Å². The molecule has 8 atom stereocenters. The summed E-state index contributed by atoms with van der Waals surface area (Å²) in [6.45, 7) is 3.07. The van der Waals surface area contributed by atoms with Gasteiger partial charge < -0.3 is 40.3 Å². The van der Waals surface area contributed by atoms with Gasteiger partial charge in [0.1, 0.15) is 30.5 Å². The number of carbonyl (C=O) groups is 1. The summed E-state index contributed by atoms with van der Waals surface area (Å²) in [6, 6.07) is -1.02. The smallest absolute Gasteiger partial charge is 0.394 e. The third-order valence-corrected chi connectivity index (χ3v) is 11.2. The molecule has 1 fully saturated rings. The van der Waals surface area contributed by atoms with E-state index in [2.05, 4.69) is 16.4 Å². The Morgan fingerprint density at radius 1 is 0.655 bits per heavy atom. The van der Waals surface area contributed by atoms with Gasteiger partial charge >= 0.3 is 10.4 Å². The average Bonchev–Trinajstić information content (AvgIpc) is 3.15. The molecule has 0 aliphatic carbocycles. The molecule has 328 valence electrons. The number of hydrogen-bond donors (Lipinski definition) is 7. The summed E-state index contributed by atoms with van der Waals surface area (Å²) < 4.78 is 47.0. The van der Waals surface area contributed by atoms with Crippen LogP contribution in [0.5, 0.6) is 0 Å². The molecule has 7 N–H and O–H groups in total. The first-order valence-corrected chi connectivity index (χ1v) is 23.4. The maximum absolute atomic E-state index is 12.9. The third-order valence-electron chi connectivity index (χ3n) is 10.8. The third kappa shape index (κ3) is 25.9. The van der Waals surface area contributed by atoms with Crippen molar-refractivity contribution in [1.82, 2.24) is 5.32 Å². The second-order valence-corrected chi connectivity index (χ2v) is 16.8. The Morgan fingerprint density at radius 3 is 1.47 bits per heavy atom. The van der Waals surface area contributed by atoms with E-state index in [-0.39, 0.29) is 6.42 Å². The molecule has 0 aromatic heterocycles. The highest BCUT2D eigenvalue weighted by Crippen LogP contribution is 2.26. The predicted octanol–water partition coefficient (Wildman–Crippen LogP) is 6.80. The Morgan fingerprint density at radius 2 is 1.05 bits per heavy atom. The molecule has 1 aliphatic rings. The zero-order valence-electron chi connectivity index (χ0n) is 34.4. The molecule has 8 unspecified atom stereocenters. The average molecular weight is 812 g/mol. The molecule has 1 amide bonds. The fraction of sp³-hybridized carbons (Fsp3) is 0.976. The van der Waals surface area contributed by atoms with Crippen molar-refractivity contribution in [2.45, 2.75) is 243 Å². The number of ether oxygens (including phenoxy) is 2. The monoisotopic (exact) mass is 812 g/mol. The number of nitrogens with one attached hydrogen (secondary N) is 1. The Kier molecular flexibility index (Phi) is 31.2. The van der Waals surface area contributed by atoms with Crippen LogP contribution in [-0.4, -0.2) is 107 Å². The van der Waals surface area contributed by atoms with Crippen LogP contribution in [0.2, 0.25) is 0 Å². The molecule has 0 radical (unpaired) electrons. The van der Waals surface area contributed by atoms with E-state index in [4.69, 9.17) is 14.0 Å². The number of rotatable bonds is 37. The number of carbonyl (C=O) groups excluding carboxylic acids is 1. The SMILES string of the molecule is CCCCCCCCCCCCCCCCCCCCCCCCCC(O)C(=O)NC(COC1OC(CO)C(O)C(OS(=O)(=O)O)C1O)C(O)CCCCC. The van der Waals surface area contributed by atoms with Crippen molar-refractivity contribution < 1.29 is 57.0 Å². The van der Waals surface area contributed by atoms with Crippen LogP contribution in [0.25, 0.3) is 0 Å². The topological polar surface area (TPSA) is 212 Å². The molecule has 55 heavy (non-hydrogen) atoms. The number of hydrogen-bond acceptors (Lipinski definition) is 11. The van der Waals surface area contributed by atoms with Gasteiger partial charge in [-0.05, 0) is 12.8 Å². The lowest BCUT2D eigenvalue weighted by atomic mass is 9.99. The van der Waals surface area contributed by atoms with Gasteiger partial charge in [-0.3, -0.25) is 9.35 Å². The lowest BCUT2D eigenvalue weighted by Crippen LogP contribution is -2.61. The zero-order valence-corrected chi connectivity index (χ0v) is 35.2. The molecule has 0 aromatic carbocycles. The van der Waals surface area contributed by atoms with Crippen LogP contribution in [0, 0.1) is 0 Å². The Balaban J connectivity index is 2.25. The van der Waals surface area contributed by atoms with Crippen LogP contribution in [0.1, 0.15) is 194 Å². The second kappa shape index (κ2) is 33.0. The molecular weight excluding hydrogens is 731 g/mol. The van der Waals surface area contributed by atoms with Gasteiger partial charge in [-0.25, -0.2) is 4.18 Å². The highest BCUT2D eigenvalue weighted by Gasteiger charge is 2.48. The Bertz CT molecular complexity index is 1020. The minimum atomic E-state index is -5.09. The van der Waals surface area contributed by atoms with Crippen LogP contribution in [0.15, 0.2) is 0 Å². The minimum absolute atomic E-state index is 0.264. The predicted molar refractivity (Wildman–Crippen MR) is 215 cm³/mol. The van der Waals surface area contributed by atoms with Crippen LogP contribution in [-0.2, 0) is 28.9 Å². The van der Waals surface area contributed by atoms with Gasteiger partial charge in [0.25, 0.3) is 0 Å². The first-order valence-electron chi connectivity index (χ1n) is 22.0. The molecular formula is C41H81NO12S. The molecule has 1 heterocycles. The molecule has 1 aliphatic heterocycles. The van der Waals surface area contributed by atoms with Crippen LogP contribution in [0.3, 0.4) is 0 Å². The molecule has 0 saturated carbocycles. The van der Waals surface area contributed by atoms with Crippen molar-refractivity contribution in [1.29, 1.82) is 0 Å². The summed E-state index contributed by atoms with van der Waals surface area (Å²) in [7, 11) is -5.09. The zero-order chi connectivity index (χ0) is 40.7. The quantitative estimate of drug-likeness (QED) is 0.0255. The Labute approximate surface area is 333 Å². The first kappa shape index (κ1) is 52.1.